The molecule has 1 unspecified atom stereocenters. The summed E-state index contributed by atoms with van der Waals surface area (Å²) in [4.78, 5) is 16.6. The number of carbonyl (C=O) groups is 1. The number of hydrogen-bond acceptors (Lipinski definition) is 3. The third kappa shape index (κ3) is 3.28. The van der Waals surface area contributed by atoms with Crippen LogP contribution in [0.4, 0.5) is 4.39 Å². The second kappa shape index (κ2) is 4.84. The van der Waals surface area contributed by atoms with Crippen molar-refractivity contribution in [2.45, 2.75) is 13.0 Å². The lowest BCUT2D eigenvalue weighted by Gasteiger charge is -2.17. The first-order valence-electron chi connectivity index (χ1n) is 4.56. The molecule has 0 fully saturated rings. The van der Waals surface area contributed by atoms with Gasteiger partial charge in [0, 0.05) is 13.6 Å². The molecule has 1 amide bonds. The van der Waals surface area contributed by atoms with Crippen LogP contribution >= 0.6 is 0 Å². The van der Waals surface area contributed by atoms with E-state index in [2.05, 4.69) is 4.98 Å². The number of aliphatic hydroxyl groups excluding tert-OH is 1. The van der Waals surface area contributed by atoms with Gasteiger partial charge in [-0.05, 0) is 19.1 Å². The number of rotatable bonds is 3. The molecular weight excluding hydrogens is 199 g/mol. The molecule has 0 bridgehead atoms. The average molecular weight is 212 g/mol. The first kappa shape index (κ1) is 11.6. The van der Waals surface area contributed by atoms with Gasteiger partial charge in [-0.1, -0.05) is 0 Å². The Morgan fingerprint density at radius 3 is 2.80 bits per heavy atom. The molecule has 1 aromatic heterocycles. The van der Waals surface area contributed by atoms with Crippen LogP contribution in [0.2, 0.25) is 0 Å². The fourth-order valence-corrected chi connectivity index (χ4v) is 1.18. The van der Waals surface area contributed by atoms with Crippen molar-refractivity contribution in [3.63, 3.8) is 0 Å². The van der Waals surface area contributed by atoms with Crippen LogP contribution in [-0.2, 0) is 0 Å². The molecule has 1 atom stereocenters. The fraction of sp³-hybridized carbons (Fsp3) is 0.400. The number of halogens is 1. The highest BCUT2D eigenvalue weighted by atomic mass is 19.1. The molecule has 0 aliphatic heterocycles. The van der Waals surface area contributed by atoms with Crippen LogP contribution in [0.3, 0.4) is 0 Å². The zero-order chi connectivity index (χ0) is 11.4. The molecule has 82 valence electrons. The van der Waals surface area contributed by atoms with Crippen molar-refractivity contribution < 1.29 is 14.3 Å². The lowest BCUT2D eigenvalue weighted by Crippen LogP contribution is -2.33. The summed E-state index contributed by atoms with van der Waals surface area (Å²) in [6.07, 6.45) is 0.392. The van der Waals surface area contributed by atoms with E-state index in [4.69, 9.17) is 5.11 Å². The molecule has 0 aliphatic carbocycles. The monoisotopic (exact) mass is 212 g/mol. The zero-order valence-corrected chi connectivity index (χ0v) is 8.64. The zero-order valence-electron chi connectivity index (χ0n) is 8.64. The highest BCUT2D eigenvalue weighted by Gasteiger charge is 2.14. The van der Waals surface area contributed by atoms with Gasteiger partial charge in [-0.25, -0.2) is 9.37 Å². The summed E-state index contributed by atoms with van der Waals surface area (Å²) in [6.45, 7) is 1.81. The molecule has 1 heterocycles. The predicted molar refractivity (Wildman–Crippen MR) is 52.8 cm³/mol. The molecule has 15 heavy (non-hydrogen) atoms. The quantitative estimate of drug-likeness (QED) is 0.801. The fourth-order valence-electron chi connectivity index (χ4n) is 1.18. The molecule has 0 spiro atoms. The van der Waals surface area contributed by atoms with E-state index in [1.54, 1.807) is 14.0 Å². The van der Waals surface area contributed by atoms with E-state index in [9.17, 15) is 9.18 Å². The van der Waals surface area contributed by atoms with Gasteiger partial charge in [-0.15, -0.1) is 0 Å². The maximum absolute atomic E-state index is 12.5. The molecule has 0 aromatic carbocycles. The Bertz CT molecular complexity index is 338. The SMILES string of the molecule is CC(O)CN(C)C(=O)c1ccc(F)cn1. The van der Waals surface area contributed by atoms with Crippen LogP contribution in [0.1, 0.15) is 17.4 Å². The van der Waals surface area contributed by atoms with Crippen molar-refractivity contribution in [1.29, 1.82) is 0 Å². The Labute approximate surface area is 87.4 Å². The van der Waals surface area contributed by atoms with Crippen LogP contribution in [0.5, 0.6) is 0 Å². The van der Waals surface area contributed by atoms with Crippen molar-refractivity contribution in [3.8, 4) is 0 Å². The van der Waals surface area contributed by atoms with E-state index in [0.717, 1.165) is 6.20 Å². The van der Waals surface area contributed by atoms with E-state index >= 15 is 0 Å². The van der Waals surface area contributed by atoms with Gasteiger partial charge in [0.05, 0.1) is 12.3 Å². The Morgan fingerprint density at radius 1 is 1.67 bits per heavy atom. The Kier molecular flexibility index (Phi) is 3.74. The normalized spacial score (nSPS) is 12.3. The molecule has 0 saturated carbocycles. The van der Waals surface area contributed by atoms with Crippen LogP contribution in [0, 0.1) is 5.82 Å². The summed E-state index contributed by atoms with van der Waals surface area (Å²) in [5.41, 5.74) is 0.166. The van der Waals surface area contributed by atoms with E-state index < -0.39 is 11.9 Å². The molecule has 5 heteroatoms. The minimum Gasteiger partial charge on any atom is -0.392 e. The smallest absolute Gasteiger partial charge is 0.272 e. The van der Waals surface area contributed by atoms with Crippen molar-refractivity contribution in [2.75, 3.05) is 13.6 Å². The number of amides is 1. The molecular formula is C10H13FN2O2. The largest absolute Gasteiger partial charge is 0.392 e. The topological polar surface area (TPSA) is 53.4 Å². The first-order chi connectivity index (χ1) is 7.00. The van der Waals surface area contributed by atoms with Gasteiger partial charge in [-0.3, -0.25) is 4.79 Å². The van der Waals surface area contributed by atoms with Crippen molar-refractivity contribution in [2.24, 2.45) is 0 Å². The summed E-state index contributed by atoms with van der Waals surface area (Å²) in [5.74, 6) is -0.819. The van der Waals surface area contributed by atoms with Crippen LogP contribution < -0.4 is 0 Å². The molecule has 4 nitrogen and oxygen atoms in total. The lowest BCUT2D eigenvalue weighted by atomic mass is 10.3. The van der Waals surface area contributed by atoms with Crippen molar-refractivity contribution in [1.82, 2.24) is 9.88 Å². The van der Waals surface area contributed by atoms with E-state index in [0.29, 0.717) is 0 Å². The number of aliphatic hydroxyl groups is 1. The standard InChI is InChI=1S/C10H13FN2O2/c1-7(14)6-13(2)10(15)9-4-3-8(11)5-12-9/h3-5,7,14H,6H2,1-2H3. The molecule has 0 aliphatic rings. The maximum atomic E-state index is 12.5. The lowest BCUT2D eigenvalue weighted by molar-refractivity contribution is 0.0698. The maximum Gasteiger partial charge on any atom is 0.272 e. The molecule has 1 aromatic rings. The minimum absolute atomic E-state index is 0.166. The number of hydrogen-bond donors (Lipinski definition) is 1. The summed E-state index contributed by atoms with van der Waals surface area (Å²) < 4.78 is 12.5. The van der Waals surface area contributed by atoms with Gasteiger partial charge >= 0.3 is 0 Å². The minimum atomic E-state index is -0.598. The summed E-state index contributed by atoms with van der Waals surface area (Å²) in [5, 5.41) is 9.09. The van der Waals surface area contributed by atoms with Crippen molar-refractivity contribution in [3.05, 3.63) is 29.8 Å². The molecule has 1 rings (SSSR count). The second-order valence-electron chi connectivity index (χ2n) is 3.40. The summed E-state index contributed by atoms with van der Waals surface area (Å²) in [6, 6.07) is 2.49. The second-order valence-corrected chi connectivity index (χ2v) is 3.40. The summed E-state index contributed by atoms with van der Waals surface area (Å²) >= 11 is 0. The number of aromatic nitrogens is 1. The summed E-state index contributed by atoms with van der Waals surface area (Å²) in [7, 11) is 1.56. The van der Waals surface area contributed by atoms with Gasteiger partial charge in [0.1, 0.15) is 11.5 Å². The van der Waals surface area contributed by atoms with Crippen molar-refractivity contribution >= 4 is 5.91 Å². The number of nitrogens with zero attached hydrogens (tertiary/aromatic N) is 2. The number of likely N-dealkylation sites (N-methyl/N-ethyl adjacent to an activating group) is 1. The number of pyridine rings is 1. The van der Waals surface area contributed by atoms with Crippen LogP contribution in [0.25, 0.3) is 0 Å². The van der Waals surface area contributed by atoms with Gasteiger partial charge in [0.2, 0.25) is 0 Å². The van der Waals surface area contributed by atoms with Gasteiger partial charge < -0.3 is 10.0 Å². The Morgan fingerprint density at radius 2 is 2.33 bits per heavy atom. The van der Waals surface area contributed by atoms with E-state index in [1.165, 1.54) is 17.0 Å². The highest BCUT2D eigenvalue weighted by molar-refractivity contribution is 5.92. The van der Waals surface area contributed by atoms with Crippen LogP contribution in [0.15, 0.2) is 18.3 Å². The van der Waals surface area contributed by atoms with E-state index in [1.807, 2.05) is 0 Å². The molecule has 0 saturated heterocycles. The molecule has 0 radical (unpaired) electrons. The average Bonchev–Trinajstić information content (AvgIpc) is 2.17. The third-order valence-corrected chi connectivity index (χ3v) is 1.83. The van der Waals surface area contributed by atoms with E-state index in [-0.39, 0.29) is 18.1 Å². The highest BCUT2D eigenvalue weighted by Crippen LogP contribution is 2.02. The third-order valence-electron chi connectivity index (χ3n) is 1.83. The Hall–Kier alpha value is -1.49. The first-order valence-corrected chi connectivity index (χ1v) is 4.56. The van der Waals surface area contributed by atoms with Crippen LogP contribution in [-0.4, -0.2) is 40.6 Å². The number of carbonyl (C=O) groups excluding carboxylic acids is 1. The predicted octanol–water partition coefficient (Wildman–Crippen LogP) is 0.673. The molecule has 1 N–H and O–H groups in total. The Balaban J connectivity index is 2.72. The van der Waals surface area contributed by atoms with Gasteiger partial charge in [-0.2, -0.15) is 0 Å². The van der Waals surface area contributed by atoms with Gasteiger partial charge in [0.25, 0.3) is 5.91 Å². The van der Waals surface area contributed by atoms with Gasteiger partial charge in [0.15, 0.2) is 0 Å².